The molecule has 0 saturated heterocycles. The van der Waals surface area contributed by atoms with Crippen LogP contribution in [0, 0.1) is 0 Å². The highest BCUT2D eigenvalue weighted by molar-refractivity contribution is 9.10. The molecule has 0 fully saturated rings. The SMILES string of the molecule is CCCc1nc2cccnc2n1-c1cccc(Br)c1. The molecule has 3 nitrogen and oxygen atoms in total. The zero-order valence-electron chi connectivity index (χ0n) is 10.7. The van der Waals surface area contributed by atoms with Gasteiger partial charge in [0, 0.05) is 22.8 Å². The molecule has 0 spiro atoms. The lowest BCUT2D eigenvalue weighted by Gasteiger charge is -2.08. The summed E-state index contributed by atoms with van der Waals surface area (Å²) in [5.74, 6) is 1.06. The van der Waals surface area contributed by atoms with Crippen LogP contribution in [0.4, 0.5) is 0 Å². The van der Waals surface area contributed by atoms with Crippen molar-refractivity contribution in [1.82, 2.24) is 14.5 Å². The van der Waals surface area contributed by atoms with E-state index in [2.05, 4.69) is 44.5 Å². The lowest BCUT2D eigenvalue weighted by atomic mass is 10.3. The fourth-order valence-electron chi connectivity index (χ4n) is 2.24. The van der Waals surface area contributed by atoms with Crippen molar-refractivity contribution in [2.75, 3.05) is 0 Å². The van der Waals surface area contributed by atoms with Gasteiger partial charge in [0.15, 0.2) is 5.65 Å². The van der Waals surface area contributed by atoms with Crippen molar-refractivity contribution in [3.05, 3.63) is 52.9 Å². The smallest absolute Gasteiger partial charge is 0.164 e. The molecule has 0 unspecified atom stereocenters. The zero-order valence-corrected chi connectivity index (χ0v) is 12.3. The van der Waals surface area contributed by atoms with Crippen LogP contribution in [0.25, 0.3) is 16.9 Å². The first-order chi connectivity index (χ1) is 9.29. The minimum absolute atomic E-state index is 0.920. The van der Waals surface area contributed by atoms with E-state index in [-0.39, 0.29) is 0 Å². The van der Waals surface area contributed by atoms with Crippen LogP contribution in [0.1, 0.15) is 19.2 Å². The first-order valence-electron chi connectivity index (χ1n) is 6.38. The number of imidazole rings is 1. The van der Waals surface area contributed by atoms with Crippen LogP contribution in [0.2, 0.25) is 0 Å². The Morgan fingerprint density at radius 1 is 1.21 bits per heavy atom. The van der Waals surface area contributed by atoms with Crippen molar-refractivity contribution in [1.29, 1.82) is 0 Å². The van der Waals surface area contributed by atoms with E-state index in [0.29, 0.717) is 0 Å². The van der Waals surface area contributed by atoms with Gasteiger partial charge in [0.2, 0.25) is 0 Å². The molecule has 0 aliphatic rings. The first kappa shape index (κ1) is 12.4. The minimum atomic E-state index is 0.920. The number of nitrogens with zero attached hydrogens (tertiary/aromatic N) is 3. The Morgan fingerprint density at radius 3 is 2.89 bits per heavy atom. The third-order valence-electron chi connectivity index (χ3n) is 3.03. The maximum Gasteiger partial charge on any atom is 0.164 e. The van der Waals surface area contributed by atoms with Gasteiger partial charge in [-0.2, -0.15) is 0 Å². The van der Waals surface area contributed by atoms with Crippen molar-refractivity contribution < 1.29 is 0 Å². The average Bonchev–Trinajstić information content (AvgIpc) is 2.77. The van der Waals surface area contributed by atoms with Gasteiger partial charge in [0.05, 0.1) is 0 Å². The van der Waals surface area contributed by atoms with Crippen LogP contribution in [-0.4, -0.2) is 14.5 Å². The maximum absolute atomic E-state index is 4.69. The predicted octanol–water partition coefficient (Wildman–Crippen LogP) is 4.14. The molecule has 1 aromatic carbocycles. The number of hydrogen-bond donors (Lipinski definition) is 0. The maximum atomic E-state index is 4.69. The first-order valence-corrected chi connectivity index (χ1v) is 7.17. The predicted molar refractivity (Wildman–Crippen MR) is 80.6 cm³/mol. The number of pyridine rings is 1. The fraction of sp³-hybridized carbons (Fsp3) is 0.200. The Bertz CT molecular complexity index is 718. The van der Waals surface area contributed by atoms with Gasteiger partial charge >= 0.3 is 0 Å². The summed E-state index contributed by atoms with van der Waals surface area (Å²) in [6.07, 6.45) is 3.83. The zero-order chi connectivity index (χ0) is 13.2. The number of fused-ring (bicyclic) bond motifs is 1. The summed E-state index contributed by atoms with van der Waals surface area (Å²) < 4.78 is 3.20. The van der Waals surface area contributed by atoms with Crippen molar-refractivity contribution in [2.24, 2.45) is 0 Å². The number of halogens is 1. The van der Waals surface area contributed by atoms with Gasteiger partial charge in [0.1, 0.15) is 11.3 Å². The lowest BCUT2D eigenvalue weighted by Crippen LogP contribution is -2.01. The second-order valence-electron chi connectivity index (χ2n) is 4.44. The van der Waals surface area contributed by atoms with Gasteiger partial charge in [-0.05, 0) is 36.8 Å². The van der Waals surface area contributed by atoms with Crippen LogP contribution >= 0.6 is 15.9 Å². The quantitative estimate of drug-likeness (QED) is 0.727. The average molecular weight is 316 g/mol. The van der Waals surface area contributed by atoms with E-state index in [0.717, 1.165) is 40.0 Å². The van der Waals surface area contributed by atoms with Gasteiger partial charge in [-0.15, -0.1) is 0 Å². The second kappa shape index (κ2) is 5.13. The molecule has 2 aromatic heterocycles. The molecular formula is C15H14BrN3. The van der Waals surface area contributed by atoms with Gasteiger partial charge in [-0.3, -0.25) is 4.57 Å². The van der Waals surface area contributed by atoms with E-state index in [9.17, 15) is 0 Å². The van der Waals surface area contributed by atoms with Gasteiger partial charge in [0.25, 0.3) is 0 Å². The van der Waals surface area contributed by atoms with E-state index in [1.54, 1.807) is 0 Å². The van der Waals surface area contributed by atoms with E-state index in [4.69, 9.17) is 4.98 Å². The highest BCUT2D eigenvalue weighted by Crippen LogP contribution is 2.23. The fourth-order valence-corrected chi connectivity index (χ4v) is 2.62. The number of aromatic nitrogens is 3. The summed E-state index contributed by atoms with van der Waals surface area (Å²) in [7, 11) is 0. The lowest BCUT2D eigenvalue weighted by molar-refractivity contribution is 0.815. The molecule has 19 heavy (non-hydrogen) atoms. The number of hydrogen-bond acceptors (Lipinski definition) is 2. The molecule has 0 radical (unpaired) electrons. The summed E-state index contributed by atoms with van der Waals surface area (Å²) >= 11 is 3.52. The van der Waals surface area contributed by atoms with Crippen molar-refractivity contribution in [3.63, 3.8) is 0 Å². The summed E-state index contributed by atoms with van der Waals surface area (Å²) in [6.45, 7) is 2.16. The Labute approximate surface area is 120 Å². The highest BCUT2D eigenvalue weighted by atomic mass is 79.9. The number of aryl methyl sites for hydroxylation is 1. The molecule has 0 saturated carbocycles. The highest BCUT2D eigenvalue weighted by Gasteiger charge is 2.12. The van der Waals surface area contributed by atoms with E-state index >= 15 is 0 Å². The summed E-state index contributed by atoms with van der Waals surface area (Å²) in [5.41, 5.74) is 2.97. The van der Waals surface area contributed by atoms with Gasteiger partial charge in [-0.1, -0.05) is 28.9 Å². The van der Waals surface area contributed by atoms with Crippen molar-refractivity contribution in [2.45, 2.75) is 19.8 Å². The normalized spacial score (nSPS) is 11.1. The molecule has 0 amide bonds. The van der Waals surface area contributed by atoms with Crippen LogP contribution in [0.5, 0.6) is 0 Å². The minimum Gasteiger partial charge on any atom is -0.281 e. The third kappa shape index (κ3) is 2.28. The molecule has 2 heterocycles. The topological polar surface area (TPSA) is 30.7 Å². The molecule has 3 aromatic rings. The van der Waals surface area contributed by atoms with Gasteiger partial charge < -0.3 is 0 Å². The molecule has 96 valence electrons. The van der Waals surface area contributed by atoms with E-state index in [1.807, 2.05) is 30.5 Å². The molecule has 4 heteroatoms. The van der Waals surface area contributed by atoms with Crippen LogP contribution < -0.4 is 0 Å². The summed E-state index contributed by atoms with van der Waals surface area (Å²) in [4.78, 5) is 9.17. The summed E-state index contributed by atoms with van der Waals surface area (Å²) in [6, 6.07) is 12.2. The summed E-state index contributed by atoms with van der Waals surface area (Å²) in [5, 5.41) is 0. The Morgan fingerprint density at radius 2 is 2.11 bits per heavy atom. The van der Waals surface area contributed by atoms with Gasteiger partial charge in [-0.25, -0.2) is 9.97 Å². The number of rotatable bonds is 3. The van der Waals surface area contributed by atoms with E-state index in [1.165, 1.54) is 0 Å². The largest absolute Gasteiger partial charge is 0.281 e. The third-order valence-corrected chi connectivity index (χ3v) is 3.52. The van der Waals surface area contributed by atoms with E-state index < -0.39 is 0 Å². The molecule has 0 aliphatic heterocycles. The molecular weight excluding hydrogens is 302 g/mol. The van der Waals surface area contributed by atoms with Crippen molar-refractivity contribution >= 4 is 27.1 Å². The Kier molecular flexibility index (Phi) is 3.34. The monoisotopic (exact) mass is 315 g/mol. The number of benzene rings is 1. The molecule has 3 rings (SSSR count). The Balaban J connectivity index is 2.28. The molecule has 0 atom stereocenters. The van der Waals surface area contributed by atoms with Crippen LogP contribution in [-0.2, 0) is 6.42 Å². The van der Waals surface area contributed by atoms with Crippen LogP contribution in [0.3, 0.4) is 0 Å². The molecule has 0 bridgehead atoms. The molecule has 0 N–H and O–H groups in total. The Hall–Kier alpha value is -1.68. The van der Waals surface area contributed by atoms with Crippen LogP contribution in [0.15, 0.2) is 47.1 Å². The van der Waals surface area contributed by atoms with Crippen molar-refractivity contribution in [3.8, 4) is 5.69 Å². The second-order valence-corrected chi connectivity index (χ2v) is 5.36. The standard InChI is InChI=1S/C15H14BrN3/c1-2-5-14-18-13-8-4-9-17-15(13)19(14)12-7-3-6-11(16)10-12/h3-4,6-10H,2,5H2,1H3. The molecule has 0 aliphatic carbocycles.